The lowest BCUT2D eigenvalue weighted by Crippen LogP contribution is -1.88. The van der Waals surface area contributed by atoms with E-state index < -0.39 is 0 Å². The first-order chi connectivity index (χ1) is 6.16. The van der Waals surface area contributed by atoms with Crippen LogP contribution in [-0.2, 0) is 0 Å². The smallest absolute Gasteiger partial charge is 0.194 e. The maximum absolute atomic E-state index is 4.78. The van der Waals surface area contributed by atoms with Crippen molar-refractivity contribution in [2.75, 3.05) is 0 Å². The Bertz CT molecular complexity index is 413. The van der Waals surface area contributed by atoms with Gasteiger partial charge in [0.1, 0.15) is 0 Å². The second-order valence-corrected chi connectivity index (χ2v) is 4.91. The third kappa shape index (κ3) is 1.74. The van der Waals surface area contributed by atoms with E-state index in [9.17, 15) is 0 Å². The van der Waals surface area contributed by atoms with Gasteiger partial charge in [-0.05, 0) is 41.1 Å². The van der Waals surface area contributed by atoms with Gasteiger partial charge in [-0.15, -0.1) is 21.6 Å². The summed E-state index contributed by atoms with van der Waals surface area (Å²) in [5.41, 5.74) is 0. The van der Waals surface area contributed by atoms with Crippen LogP contribution < -0.4 is 0 Å². The van der Waals surface area contributed by atoms with Crippen molar-refractivity contribution >= 4 is 50.4 Å². The normalized spacial score (nSPS) is 15.2. The Morgan fingerprint density at radius 2 is 2.23 bits per heavy atom. The van der Waals surface area contributed by atoms with E-state index in [1.165, 1.54) is 4.88 Å². The molecule has 0 saturated carbocycles. The molecule has 0 unspecified atom stereocenters. The van der Waals surface area contributed by atoms with E-state index in [0.29, 0.717) is 10.9 Å². The number of nitrogens with zero attached hydrogens (tertiary/aromatic N) is 3. The predicted octanol–water partition coefficient (Wildman–Crippen LogP) is 3.32. The number of rotatable bonds is 1. The Kier molecular flexibility index (Phi) is 2.35. The van der Waals surface area contributed by atoms with E-state index in [-0.39, 0.29) is 0 Å². The highest BCUT2D eigenvalue weighted by molar-refractivity contribution is 9.10. The number of aliphatic imine (C=N–C) groups is 1. The molecule has 0 N–H and O–H groups in total. The summed E-state index contributed by atoms with van der Waals surface area (Å²) in [7, 11) is 0. The number of azo groups is 1. The maximum atomic E-state index is 4.78. The molecule has 6 heteroatoms. The summed E-state index contributed by atoms with van der Waals surface area (Å²) in [6.07, 6.45) is 0. The van der Waals surface area contributed by atoms with Crippen molar-refractivity contribution < 1.29 is 0 Å². The Morgan fingerprint density at radius 3 is 2.69 bits per heavy atom. The third-order valence-electron chi connectivity index (χ3n) is 1.51. The quantitative estimate of drug-likeness (QED) is 0.724. The largest absolute Gasteiger partial charge is 0.242 e. The summed E-state index contributed by atoms with van der Waals surface area (Å²) in [6.45, 7) is 2.03. The molecular weight excluding hydrogens is 270 g/mol. The minimum Gasteiger partial charge on any atom is -0.194 e. The van der Waals surface area contributed by atoms with Crippen LogP contribution in [0.15, 0.2) is 25.8 Å². The minimum absolute atomic E-state index is 0.303. The summed E-state index contributed by atoms with van der Waals surface area (Å²) < 4.78 is 1.07. The number of thiocarbonyl (C=S) groups is 1. The summed E-state index contributed by atoms with van der Waals surface area (Å²) in [5, 5.41) is 7.84. The third-order valence-corrected chi connectivity index (χ3v) is 3.81. The number of hydrogen-bond donors (Lipinski definition) is 0. The molecular formula is C7H4BrN3S2. The molecule has 0 aromatic carbocycles. The first-order valence-corrected chi connectivity index (χ1v) is 5.49. The topological polar surface area (TPSA) is 37.1 Å². The molecule has 0 spiro atoms. The van der Waals surface area contributed by atoms with Crippen LogP contribution in [0, 0.1) is 6.92 Å². The molecule has 0 saturated heterocycles. The molecule has 66 valence electrons. The monoisotopic (exact) mass is 273 g/mol. The van der Waals surface area contributed by atoms with Gasteiger partial charge in [0.15, 0.2) is 5.84 Å². The Labute approximate surface area is 92.7 Å². The van der Waals surface area contributed by atoms with Gasteiger partial charge in [-0.1, -0.05) is 0 Å². The van der Waals surface area contributed by atoms with Gasteiger partial charge in [0.2, 0.25) is 5.11 Å². The van der Waals surface area contributed by atoms with E-state index >= 15 is 0 Å². The van der Waals surface area contributed by atoms with Gasteiger partial charge in [-0.2, -0.15) is 4.99 Å². The zero-order valence-corrected chi connectivity index (χ0v) is 9.83. The molecule has 0 bridgehead atoms. The van der Waals surface area contributed by atoms with E-state index in [0.717, 1.165) is 9.35 Å². The number of thiophene rings is 1. The molecule has 0 amide bonds. The molecule has 0 fully saturated rings. The van der Waals surface area contributed by atoms with E-state index in [4.69, 9.17) is 12.2 Å². The molecule has 0 atom stereocenters. The average molecular weight is 274 g/mol. The fourth-order valence-corrected chi connectivity index (χ4v) is 2.49. The second kappa shape index (κ2) is 3.36. The van der Waals surface area contributed by atoms with Gasteiger partial charge in [-0.25, -0.2) is 0 Å². The second-order valence-electron chi connectivity index (χ2n) is 2.43. The molecule has 13 heavy (non-hydrogen) atoms. The van der Waals surface area contributed by atoms with Crippen molar-refractivity contribution in [2.45, 2.75) is 6.92 Å². The molecule has 1 aromatic heterocycles. The van der Waals surface area contributed by atoms with Gasteiger partial charge in [-0.3, -0.25) is 0 Å². The van der Waals surface area contributed by atoms with Gasteiger partial charge in [0.05, 0.1) is 4.88 Å². The summed E-state index contributed by atoms with van der Waals surface area (Å²) >= 11 is 9.83. The van der Waals surface area contributed by atoms with Gasteiger partial charge in [0, 0.05) is 9.35 Å². The average Bonchev–Trinajstić information content (AvgIpc) is 2.61. The van der Waals surface area contributed by atoms with Gasteiger partial charge >= 0.3 is 0 Å². The van der Waals surface area contributed by atoms with Crippen LogP contribution in [0.4, 0.5) is 0 Å². The number of hydrogen-bond acceptors (Lipinski definition) is 3. The van der Waals surface area contributed by atoms with Crippen molar-refractivity contribution in [3.8, 4) is 0 Å². The van der Waals surface area contributed by atoms with Crippen molar-refractivity contribution in [1.29, 1.82) is 0 Å². The first kappa shape index (κ1) is 9.11. The van der Waals surface area contributed by atoms with Crippen LogP contribution in [0.25, 0.3) is 0 Å². The molecule has 0 radical (unpaired) electrons. The van der Waals surface area contributed by atoms with E-state index in [1.54, 1.807) is 11.3 Å². The highest BCUT2D eigenvalue weighted by Gasteiger charge is 2.13. The standard InChI is InChI=1S/C7H4BrN3S2/c1-3-4(8)2-5(13-3)6-9-7(12)11-10-6/h2H,1H3. The zero-order chi connectivity index (χ0) is 9.42. The lowest BCUT2D eigenvalue weighted by Gasteiger charge is -1.85. The number of halogens is 1. The number of aryl methyl sites for hydroxylation is 1. The SMILES string of the molecule is Cc1sc(C2=NC(=S)N=N2)cc1Br. The summed E-state index contributed by atoms with van der Waals surface area (Å²) in [4.78, 5) is 6.21. The highest BCUT2D eigenvalue weighted by Crippen LogP contribution is 2.28. The van der Waals surface area contributed by atoms with Crippen molar-refractivity contribution in [2.24, 2.45) is 15.2 Å². The molecule has 3 nitrogen and oxygen atoms in total. The molecule has 1 aliphatic rings. The van der Waals surface area contributed by atoms with Gasteiger partial charge < -0.3 is 0 Å². The van der Waals surface area contributed by atoms with Crippen LogP contribution in [0.5, 0.6) is 0 Å². The highest BCUT2D eigenvalue weighted by atomic mass is 79.9. The van der Waals surface area contributed by atoms with Gasteiger partial charge in [0.25, 0.3) is 0 Å². The molecule has 0 aliphatic carbocycles. The fraction of sp³-hybridized carbons (Fsp3) is 0.143. The van der Waals surface area contributed by atoms with Crippen LogP contribution in [0.1, 0.15) is 9.75 Å². The van der Waals surface area contributed by atoms with Crippen molar-refractivity contribution in [3.05, 3.63) is 20.3 Å². The Hall–Kier alpha value is -0.460. The predicted molar refractivity (Wildman–Crippen MR) is 60.7 cm³/mol. The van der Waals surface area contributed by atoms with E-state index in [2.05, 4.69) is 31.2 Å². The van der Waals surface area contributed by atoms with E-state index in [1.807, 2.05) is 13.0 Å². The molecule has 1 aliphatic heterocycles. The molecule has 2 rings (SSSR count). The molecule has 1 aromatic rings. The van der Waals surface area contributed by atoms with Crippen molar-refractivity contribution in [1.82, 2.24) is 0 Å². The maximum Gasteiger partial charge on any atom is 0.242 e. The Balaban J connectivity index is 2.42. The lowest BCUT2D eigenvalue weighted by molar-refractivity contribution is 1.41. The lowest BCUT2D eigenvalue weighted by atomic mass is 10.4. The first-order valence-electron chi connectivity index (χ1n) is 3.47. The molecule has 2 heterocycles. The van der Waals surface area contributed by atoms with Crippen LogP contribution in [-0.4, -0.2) is 10.9 Å². The van der Waals surface area contributed by atoms with Crippen LogP contribution >= 0.6 is 39.5 Å². The van der Waals surface area contributed by atoms with Crippen LogP contribution in [0.3, 0.4) is 0 Å². The van der Waals surface area contributed by atoms with Crippen LogP contribution in [0.2, 0.25) is 0 Å². The Morgan fingerprint density at radius 1 is 1.46 bits per heavy atom. The minimum atomic E-state index is 0.303. The summed E-state index contributed by atoms with van der Waals surface area (Å²) in [5.74, 6) is 0.615. The van der Waals surface area contributed by atoms with Crippen molar-refractivity contribution in [3.63, 3.8) is 0 Å². The fourth-order valence-electron chi connectivity index (χ4n) is 0.900. The number of amidine groups is 1. The zero-order valence-electron chi connectivity index (χ0n) is 6.61. The summed E-state index contributed by atoms with van der Waals surface area (Å²) in [6, 6.07) is 1.98.